The van der Waals surface area contributed by atoms with E-state index >= 15 is 0 Å². The van der Waals surface area contributed by atoms with Gasteiger partial charge in [-0.15, -0.1) is 0 Å². The first-order valence-electron chi connectivity index (χ1n) is 4.99. The van der Waals surface area contributed by atoms with Crippen LogP contribution in [0.2, 0.25) is 10.0 Å². The third-order valence-corrected chi connectivity index (χ3v) is 3.06. The Bertz CT molecular complexity index is 596. The minimum atomic E-state index is 0.344. The molecule has 2 aromatic rings. The highest BCUT2D eigenvalue weighted by Gasteiger charge is 2.10. The van der Waals surface area contributed by atoms with Crippen LogP contribution in [-0.4, -0.2) is 9.78 Å². The second kappa shape index (κ2) is 4.79. The monoisotopic (exact) mass is 265 g/mol. The molecule has 0 bridgehead atoms. The van der Waals surface area contributed by atoms with Crippen LogP contribution in [0.25, 0.3) is 5.69 Å². The first-order chi connectivity index (χ1) is 8.13. The van der Waals surface area contributed by atoms with Gasteiger partial charge in [0.25, 0.3) is 0 Å². The maximum Gasteiger partial charge on any atom is 0.0836 e. The Hall–Kier alpha value is -1.50. The maximum absolute atomic E-state index is 8.68. The van der Waals surface area contributed by atoms with Gasteiger partial charge in [-0.1, -0.05) is 23.2 Å². The minimum absolute atomic E-state index is 0.344. The summed E-state index contributed by atoms with van der Waals surface area (Å²) in [5, 5.41) is 14.0. The Morgan fingerprint density at radius 2 is 2.18 bits per heavy atom. The molecule has 0 fully saturated rings. The predicted molar refractivity (Wildman–Crippen MR) is 67.6 cm³/mol. The largest absolute Gasteiger partial charge is 0.236 e. The van der Waals surface area contributed by atoms with Crippen LogP contribution in [0.5, 0.6) is 0 Å². The third kappa shape index (κ3) is 2.28. The normalized spacial score (nSPS) is 10.2. The zero-order valence-electron chi connectivity index (χ0n) is 9.11. The SMILES string of the molecule is Cc1c(CC#N)cnn1-c1ccc(Cl)cc1Cl. The van der Waals surface area contributed by atoms with Crippen LogP contribution in [-0.2, 0) is 6.42 Å². The standard InChI is InChI=1S/C12H9Cl2N3/c1-8-9(4-5-15)7-16-17(8)12-3-2-10(13)6-11(12)14/h2-3,6-7H,4H2,1H3. The summed E-state index contributed by atoms with van der Waals surface area (Å²) >= 11 is 12.0. The van der Waals surface area contributed by atoms with Crippen molar-refractivity contribution in [3.05, 3.63) is 45.7 Å². The third-order valence-electron chi connectivity index (χ3n) is 2.52. The van der Waals surface area contributed by atoms with Gasteiger partial charge in [-0.2, -0.15) is 10.4 Å². The zero-order chi connectivity index (χ0) is 12.4. The van der Waals surface area contributed by atoms with E-state index in [1.54, 1.807) is 29.1 Å². The van der Waals surface area contributed by atoms with Crippen molar-refractivity contribution in [1.29, 1.82) is 5.26 Å². The summed E-state index contributed by atoms with van der Waals surface area (Å²) in [7, 11) is 0. The van der Waals surface area contributed by atoms with Crippen molar-refractivity contribution in [2.24, 2.45) is 0 Å². The van der Waals surface area contributed by atoms with Gasteiger partial charge in [-0.05, 0) is 25.1 Å². The molecule has 0 N–H and O–H groups in total. The van der Waals surface area contributed by atoms with Crippen LogP contribution >= 0.6 is 23.2 Å². The van der Waals surface area contributed by atoms with Crippen LogP contribution < -0.4 is 0 Å². The highest BCUT2D eigenvalue weighted by molar-refractivity contribution is 6.35. The summed E-state index contributed by atoms with van der Waals surface area (Å²) in [4.78, 5) is 0. The lowest BCUT2D eigenvalue weighted by Gasteiger charge is -2.07. The number of nitrogens with zero attached hydrogens (tertiary/aromatic N) is 3. The number of rotatable bonds is 2. The molecule has 5 heteroatoms. The van der Waals surface area contributed by atoms with Crippen LogP contribution in [0.1, 0.15) is 11.3 Å². The maximum atomic E-state index is 8.68. The minimum Gasteiger partial charge on any atom is -0.236 e. The fourth-order valence-electron chi connectivity index (χ4n) is 1.60. The molecule has 0 saturated heterocycles. The van der Waals surface area contributed by atoms with Crippen molar-refractivity contribution in [3.8, 4) is 11.8 Å². The number of hydrogen-bond donors (Lipinski definition) is 0. The molecule has 0 unspecified atom stereocenters. The average Bonchev–Trinajstić information content (AvgIpc) is 2.62. The van der Waals surface area contributed by atoms with Crippen molar-refractivity contribution in [2.75, 3.05) is 0 Å². The molecule has 17 heavy (non-hydrogen) atoms. The molecular weight excluding hydrogens is 257 g/mol. The molecule has 0 aliphatic carbocycles. The number of hydrogen-bond acceptors (Lipinski definition) is 2. The Kier molecular flexibility index (Phi) is 3.37. The molecule has 1 aromatic carbocycles. The molecule has 0 aliphatic heterocycles. The molecule has 0 radical (unpaired) electrons. The van der Waals surface area contributed by atoms with Gasteiger partial charge < -0.3 is 0 Å². The van der Waals surface area contributed by atoms with E-state index in [-0.39, 0.29) is 0 Å². The summed E-state index contributed by atoms with van der Waals surface area (Å²) in [6.45, 7) is 1.91. The number of aromatic nitrogens is 2. The molecule has 1 heterocycles. The van der Waals surface area contributed by atoms with E-state index in [9.17, 15) is 0 Å². The van der Waals surface area contributed by atoms with E-state index in [1.165, 1.54) is 0 Å². The van der Waals surface area contributed by atoms with Gasteiger partial charge in [0.15, 0.2) is 0 Å². The smallest absolute Gasteiger partial charge is 0.0836 e. The summed E-state index contributed by atoms with van der Waals surface area (Å²) in [5.74, 6) is 0. The van der Waals surface area contributed by atoms with E-state index in [0.29, 0.717) is 16.5 Å². The first kappa shape index (κ1) is 12.0. The lowest BCUT2D eigenvalue weighted by Crippen LogP contribution is -2.00. The lowest BCUT2D eigenvalue weighted by molar-refractivity contribution is 0.845. The molecule has 2 rings (SSSR count). The van der Waals surface area contributed by atoms with E-state index in [0.717, 1.165) is 16.9 Å². The van der Waals surface area contributed by atoms with Gasteiger partial charge in [0, 0.05) is 16.3 Å². The Balaban J connectivity index is 2.50. The van der Waals surface area contributed by atoms with E-state index < -0.39 is 0 Å². The quantitative estimate of drug-likeness (QED) is 0.834. The topological polar surface area (TPSA) is 41.6 Å². The van der Waals surface area contributed by atoms with Gasteiger partial charge in [-0.3, -0.25) is 0 Å². The van der Waals surface area contributed by atoms with Crippen LogP contribution in [0.4, 0.5) is 0 Å². The fraction of sp³-hybridized carbons (Fsp3) is 0.167. The molecule has 1 aromatic heterocycles. The molecule has 0 aliphatic rings. The highest BCUT2D eigenvalue weighted by Crippen LogP contribution is 2.25. The summed E-state index contributed by atoms with van der Waals surface area (Å²) in [6.07, 6.45) is 2.03. The average molecular weight is 266 g/mol. The molecule has 0 amide bonds. The Labute approximate surface area is 109 Å². The van der Waals surface area contributed by atoms with Crippen LogP contribution in [0.15, 0.2) is 24.4 Å². The Morgan fingerprint density at radius 1 is 1.41 bits per heavy atom. The van der Waals surface area contributed by atoms with E-state index in [4.69, 9.17) is 28.5 Å². The van der Waals surface area contributed by atoms with E-state index in [1.807, 2.05) is 6.92 Å². The van der Waals surface area contributed by atoms with Crippen molar-refractivity contribution >= 4 is 23.2 Å². The van der Waals surface area contributed by atoms with Gasteiger partial charge in [0.05, 0.1) is 29.4 Å². The summed E-state index contributed by atoms with van der Waals surface area (Å²) in [5.41, 5.74) is 2.58. The van der Waals surface area contributed by atoms with Gasteiger partial charge in [0.1, 0.15) is 0 Å². The second-order valence-corrected chi connectivity index (χ2v) is 4.44. The molecule has 0 spiro atoms. The zero-order valence-corrected chi connectivity index (χ0v) is 10.6. The summed E-state index contributed by atoms with van der Waals surface area (Å²) in [6, 6.07) is 7.34. The van der Waals surface area contributed by atoms with Crippen LogP contribution in [0, 0.1) is 18.3 Å². The van der Waals surface area contributed by atoms with Crippen LogP contribution in [0.3, 0.4) is 0 Å². The van der Waals surface area contributed by atoms with Crippen molar-refractivity contribution in [2.45, 2.75) is 13.3 Å². The number of nitriles is 1. The molecule has 86 valence electrons. The molecule has 0 saturated carbocycles. The fourth-order valence-corrected chi connectivity index (χ4v) is 2.09. The number of benzene rings is 1. The molecule has 3 nitrogen and oxygen atoms in total. The van der Waals surface area contributed by atoms with E-state index in [2.05, 4.69) is 11.2 Å². The van der Waals surface area contributed by atoms with Crippen molar-refractivity contribution in [1.82, 2.24) is 9.78 Å². The lowest BCUT2D eigenvalue weighted by atomic mass is 10.2. The molecule has 0 atom stereocenters. The van der Waals surface area contributed by atoms with Crippen molar-refractivity contribution < 1.29 is 0 Å². The van der Waals surface area contributed by atoms with Gasteiger partial charge in [0.2, 0.25) is 0 Å². The second-order valence-electron chi connectivity index (χ2n) is 3.60. The van der Waals surface area contributed by atoms with Gasteiger partial charge in [-0.25, -0.2) is 4.68 Å². The predicted octanol–water partition coefficient (Wildman–Crippen LogP) is 3.55. The first-order valence-corrected chi connectivity index (χ1v) is 5.75. The Morgan fingerprint density at radius 3 is 2.82 bits per heavy atom. The van der Waals surface area contributed by atoms with Crippen molar-refractivity contribution in [3.63, 3.8) is 0 Å². The number of halogens is 2. The highest BCUT2D eigenvalue weighted by atomic mass is 35.5. The van der Waals surface area contributed by atoms with Gasteiger partial charge >= 0.3 is 0 Å². The summed E-state index contributed by atoms with van der Waals surface area (Å²) < 4.78 is 1.71. The molecular formula is C12H9Cl2N3.